The van der Waals surface area contributed by atoms with E-state index in [4.69, 9.17) is 9.47 Å². The molecule has 6 rings (SSSR count). The Bertz CT molecular complexity index is 2080. The van der Waals surface area contributed by atoms with E-state index in [2.05, 4.69) is 47.0 Å². The Kier molecular flexibility index (Phi) is 13.9. The highest BCUT2D eigenvalue weighted by Gasteiger charge is 2.42. The topological polar surface area (TPSA) is 114 Å². The zero-order valence-electron chi connectivity index (χ0n) is 34.3. The van der Waals surface area contributed by atoms with Crippen LogP contribution >= 0.6 is 11.8 Å². The van der Waals surface area contributed by atoms with Crippen molar-refractivity contribution in [3.8, 4) is 0 Å². The van der Waals surface area contributed by atoms with Gasteiger partial charge in [-0.25, -0.2) is 9.59 Å². The van der Waals surface area contributed by atoms with E-state index in [1.807, 2.05) is 123 Å². The Labute approximate surface area is 351 Å². The van der Waals surface area contributed by atoms with E-state index in [1.165, 1.54) is 16.7 Å². The highest BCUT2D eigenvalue weighted by atomic mass is 32.2. The summed E-state index contributed by atoms with van der Waals surface area (Å²) in [6.07, 6.45) is -0.488. The summed E-state index contributed by atoms with van der Waals surface area (Å²) in [6.45, 7) is 9.20. The van der Waals surface area contributed by atoms with Crippen molar-refractivity contribution in [2.24, 2.45) is 5.92 Å². The molecule has 0 spiro atoms. The third-order valence-corrected chi connectivity index (χ3v) is 11.9. The Morgan fingerprint density at radius 3 is 1.69 bits per heavy atom. The molecule has 0 fully saturated rings. The second-order valence-electron chi connectivity index (χ2n) is 16.1. The van der Waals surface area contributed by atoms with Crippen LogP contribution in [0, 0.1) is 5.92 Å². The maximum Gasteiger partial charge on any atom is 0.408 e. The van der Waals surface area contributed by atoms with Crippen molar-refractivity contribution >= 4 is 35.6 Å². The number of nitrogens with zero attached hydrogens (tertiary/aromatic N) is 1. The summed E-state index contributed by atoms with van der Waals surface area (Å²) in [5.74, 6) is -1.77. The van der Waals surface area contributed by atoms with E-state index in [-0.39, 0.29) is 31.2 Å². The second-order valence-corrected chi connectivity index (χ2v) is 17.3. The molecule has 0 unspecified atom stereocenters. The minimum atomic E-state index is -1.13. The minimum absolute atomic E-state index is 0.0658. The normalized spacial score (nSPS) is 15.0. The molecule has 5 aromatic rings. The van der Waals surface area contributed by atoms with Crippen LogP contribution in [0.15, 0.2) is 146 Å². The predicted molar refractivity (Wildman–Crippen MR) is 232 cm³/mol. The van der Waals surface area contributed by atoms with Gasteiger partial charge < -0.3 is 25.0 Å². The standard InChI is InChI=1S/C49H53N3O6S/c1-34(2)43(45(54)52-31-37-23-19-18-22-36(37)30-42(52)46(55)57-32-35-20-10-6-11-21-35)51-44(53)41(50-47(56)58-48(3,4)5)33-59-49(38-24-12-7-13-25-38,39-26-14-8-15-27-39)40-28-16-9-17-29-40/h6-29,34,41-43H,30-33H2,1-5H3,(H,50,56)(H,51,53)/t41-,42+,43-/m0/s1. The minimum Gasteiger partial charge on any atom is -0.459 e. The summed E-state index contributed by atoms with van der Waals surface area (Å²) in [4.78, 5) is 58.3. The highest BCUT2D eigenvalue weighted by molar-refractivity contribution is 8.00. The van der Waals surface area contributed by atoms with Crippen LogP contribution in [-0.2, 0) is 48.2 Å². The number of fused-ring (bicyclic) bond motifs is 1. The van der Waals surface area contributed by atoms with Crippen molar-refractivity contribution in [3.05, 3.63) is 179 Å². The van der Waals surface area contributed by atoms with Crippen molar-refractivity contribution in [3.63, 3.8) is 0 Å². The van der Waals surface area contributed by atoms with E-state index in [1.54, 1.807) is 20.8 Å². The molecular weight excluding hydrogens is 759 g/mol. The van der Waals surface area contributed by atoms with Crippen molar-refractivity contribution in [2.75, 3.05) is 5.75 Å². The number of hydrogen-bond donors (Lipinski definition) is 2. The fourth-order valence-corrected chi connectivity index (χ4v) is 8.91. The Balaban J connectivity index is 1.31. The molecule has 5 aromatic carbocycles. The van der Waals surface area contributed by atoms with Crippen molar-refractivity contribution in [1.29, 1.82) is 0 Å². The summed E-state index contributed by atoms with van der Waals surface area (Å²) in [6, 6.07) is 44.3. The van der Waals surface area contributed by atoms with Crippen LogP contribution in [0.1, 0.15) is 68.0 Å². The van der Waals surface area contributed by atoms with Gasteiger partial charge in [0.1, 0.15) is 30.3 Å². The second kappa shape index (κ2) is 19.3. The van der Waals surface area contributed by atoms with Crippen LogP contribution in [0.2, 0.25) is 0 Å². The zero-order valence-corrected chi connectivity index (χ0v) is 35.1. The molecule has 59 heavy (non-hydrogen) atoms. The molecule has 1 aliphatic rings. The first-order valence-electron chi connectivity index (χ1n) is 20.0. The number of benzene rings is 5. The van der Waals surface area contributed by atoms with Crippen LogP contribution in [0.4, 0.5) is 4.79 Å². The van der Waals surface area contributed by atoms with E-state index < -0.39 is 52.4 Å². The number of ether oxygens (including phenoxy) is 2. The van der Waals surface area contributed by atoms with Crippen molar-refractivity contribution in [1.82, 2.24) is 15.5 Å². The van der Waals surface area contributed by atoms with Gasteiger partial charge in [0.05, 0.1) is 4.75 Å². The third-order valence-electron chi connectivity index (χ3n) is 10.3. The van der Waals surface area contributed by atoms with Gasteiger partial charge in [-0.2, -0.15) is 0 Å². The fourth-order valence-electron chi connectivity index (χ4n) is 7.35. The molecule has 1 aliphatic heterocycles. The molecule has 0 aromatic heterocycles. The van der Waals surface area contributed by atoms with Crippen LogP contribution in [0.3, 0.4) is 0 Å². The van der Waals surface area contributed by atoms with Gasteiger partial charge in [0.25, 0.3) is 0 Å². The van der Waals surface area contributed by atoms with E-state index in [9.17, 15) is 19.2 Å². The molecule has 3 amide bonds. The largest absolute Gasteiger partial charge is 0.459 e. The number of esters is 1. The monoisotopic (exact) mass is 811 g/mol. The Morgan fingerprint density at radius 1 is 0.695 bits per heavy atom. The molecule has 10 heteroatoms. The summed E-state index contributed by atoms with van der Waals surface area (Å²) in [7, 11) is 0. The first-order valence-corrected chi connectivity index (χ1v) is 21.0. The summed E-state index contributed by atoms with van der Waals surface area (Å²) < 4.78 is 10.7. The number of alkyl carbamates (subject to hydrolysis) is 1. The van der Waals surface area contributed by atoms with Gasteiger partial charge in [0.15, 0.2) is 0 Å². The number of thioether (sulfide) groups is 1. The van der Waals surface area contributed by atoms with E-state index in [0.717, 1.165) is 33.4 Å². The molecule has 0 bridgehead atoms. The lowest BCUT2D eigenvalue weighted by atomic mass is 9.84. The number of hydrogen-bond acceptors (Lipinski definition) is 7. The van der Waals surface area contributed by atoms with Crippen LogP contribution in [0.5, 0.6) is 0 Å². The Morgan fingerprint density at radius 2 is 1.19 bits per heavy atom. The smallest absolute Gasteiger partial charge is 0.408 e. The summed E-state index contributed by atoms with van der Waals surface area (Å²) in [5.41, 5.74) is 4.85. The first kappa shape index (κ1) is 42.7. The van der Waals surface area contributed by atoms with Crippen LogP contribution < -0.4 is 10.6 Å². The van der Waals surface area contributed by atoms with Gasteiger partial charge in [-0.05, 0) is 60.1 Å². The van der Waals surface area contributed by atoms with Crippen LogP contribution in [-0.4, -0.2) is 58.3 Å². The third kappa shape index (κ3) is 10.6. The van der Waals surface area contributed by atoms with Gasteiger partial charge in [-0.1, -0.05) is 159 Å². The van der Waals surface area contributed by atoms with Crippen molar-refractivity contribution in [2.45, 2.75) is 82.7 Å². The molecule has 0 saturated carbocycles. The lowest BCUT2D eigenvalue weighted by molar-refractivity contribution is -0.158. The van der Waals surface area contributed by atoms with Gasteiger partial charge in [-0.15, -0.1) is 11.8 Å². The zero-order chi connectivity index (χ0) is 42.0. The van der Waals surface area contributed by atoms with Crippen molar-refractivity contribution < 1.29 is 28.7 Å². The number of carbonyl (C=O) groups is 4. The molecule has 9 nitrogen and oxygen atoms in total. The summed E-state index contributed by atoms with van der Waals surface area (Å²) in [5, 5.41) is 5.86. The fraction of sp³-hybridized carbons (Fsp3) is 0.306. The maximum atomic E-state index is 14.8. The molecule has 3 atom stereocenters. The SMILES string of the molecule is CC(C)[C@H](NC(=O)[C@H](CSC(c1ccccc1)(c1ccccc1)c1ccccc1)NC(=O)OC(C)(C)C)C(=O)N1Cc2ccccc2C[C@@H]1C(=O)OCc1ccccc1. The molecule has 0 aliphatic carbocycles. The van der Waals surface area contributed by atoms with E-state index >= 15 is 0 Å². The quantitative estimate of drug-likeness (QED) is 0.0855. The molecule has 0 radical (unpaired) electrons. The first-order chi connectivity index (χ1) is 28.4. The predicted octanol–water partition coefficient (Wildman–Crippen LogP) is 8.44. The number of nitrogens with one attached hydrogen (secondary N) is 2. The average Bonchev–Trinajstić information content (AvgIpc) is 3.24. The van der Waals surface area contributed by atoms with Gasteiger partial charge >= 0.3 is 12.1 Å². The number of rotatable bonds is 14. The van der Waals surface area contributed by atoms with Gasteiger partial charge in [0.2, 0.25) is 11.8 Å². The average molecular weight is 812 g/mol. The van der Waals surface area contributed by atoms with Gasteiger partial charge in [0, 0.05) is 18.7 Å². The number of amides is 3. The maximum absolute atomic E-state index is 14.8. The number of carbonyl (C=O) groups excluding carboxylic acids is 4. The molecule has 306 valence electrons. The molecule has 2 N–H and O–H groups in total. The summed E-state index contributed by atoms with van der Waals surface area (Å²) >= 11 is 1.51. The van der Waals surface area contributed by atoms with Gasteiger partial charge in [-0.3, -0.25) is 9.59 Å². The lowest BCUT2D eigenvalue weighted by Crippen LogP contribution is -2.60. The lowest BCUT2D eigenvalue weighted by Gasteiger charge is -2.39. The van der Waals surface area contributed by atoms with E-state index in [0.29, 0.717) is 0 Å². The molecule has 1 heterocycles. The highest BCUT2D eigenvalue weighted by Crippen LogP contribution is 2.48. The molecular formula is C49H53N3O6S. The molecule has 0 saturated heterocycles. The van der Waals surface area contributed by atoms with Crippen LogP contribution in [0.25, 0.3) is 0 Å². The Hall–Kier alpha value is -5.87.